The molecular formula is C9H12BrNO. The quantitative estimate of drug-likeness (QED) is 0.858. The SMILES string of the molecule is Brc1ccc(CCNC2CC2)o1. The molecule has 1 aromatic rings. The molecule has 12 heavy (non-hydrogen) atoms. The smallest absolute Gasteiger partial charge is 0.169 e. The van der Waals surface area contributed by atoms with Crippen molar-refractivity contribution in [1.29, 1.82) is 0 Å². The van der Waals surface area contributed by atoms with Crippen LogP contribution in [0.1, 0.15) is 18.6 Å². The number of rotatable bonds is 4. The van der Waals surface area contributed by atoms with Crippen molar-refractivity contribution in [3.63, 3.8) is 0 Å². The van der Waals surface area contributed by atoms with Crippen LogP contribution in [0.15, 0.2) is 21.2 Å². The molecule has 1 aliphatic carbocycles. The Morgan fingerprint density at radius 1 is 1.50 bits per heavy atom. The minimum Gasteiger partial charge on any atom is -0.454 e. The molecule has 0 unspecified atom stereocenters. The number of halogens is 1. The molecular weight excluding hydrogens is 218 g/mol. The summed E-state index contributed by atoms with van der Waals surface area (Å²) in [6.45, 7) is 1.03. The van der Waals surface area contributed by atoms with Crippen LogP contribution in [-0.4, -0.2) is 12.6 Å². The van der Waals surface area contributed by atoms with E-state index in [1.807, 2.05) is 12.1 Å². The average Bonchev–Trinajstić information content (AvgIpc) is 2.76. The first-order valence-electron chi connectivity index (χ1n) is 4.32. The number of hydrogen-bond acceptors (Lipinski definition) is 2. The maximum atomic E-state index is 5.36. The van der Waals surface area contributed by atoms with E-state index in [0.717, 1.165) is 29.4 Å². The molecule has 1 N–H and O–H groups in total. The lowest BCUT2D eigenvalue weighted by Crippen LogP contribution is -2.18. The second-order valence-corrected chi connectivity index (χ2v) is 3.97. The van der Waals surface area contributed by atoms with Crippen molar-refractivity contribution in [3.8, 4) is 0 Å². The summed E-state index contributed by atoms with van der Waals surface area (Å²) in [6.07, 6.45) is 3.69. The fraction of sp³-hybridized carbons (Fsp3) is 0.556. The fourth-order valence-electron chi connectivity index (χ4n) is 1.17. The molecule has 1 fully saturated rings. The maximum absolute atomic E-state index is 5.36. The van der Waals surface area contributed by atoms with Gasteiger partial charge in [0.25, 0.3) is 0 Å². The minimum absolute atomic E-state index is 0.795. The molecule has 1 aromatic heterocycles. The summed E-state index contributed by atoms with van der Waals surface area (Å²) in [7, 11) is 0. The van der Waals surface area contributed by atoms with Crippen LogP contribution < -0.4 is 5.32 Å². The van der Waals surface area contributed by atoms with Crippen LogP contribution >= 0.6 is 15.9 Å². The standard InChI is InChI=1S/C9H12BrNO/c10-9-4-3-8(12-9)5-6-11-7-1-2-7/h3-4,7,11H,1-2,5-6H2. The van der Waals surface area contributed by atoms with Crippen LogP contribution in [0.4, 0.5) is 0 Å². The molecule has 0 aromatic carbocycles. The van der Waals surface area contributed by atoms with Gasteiger partial charge in [0.2, 0.25) is 0 Å². The van der Waals surface area contributed by atoms with E-state index < -0.39 is 0 Å². The Balaban J connectivity index is 1.71. The van der Waals surface area contributed by atoms with E-state index in [1.54, 1.807) is 0 Å². The van der Waals surface area contributed by atoms with Crippen LogP contribution in [0.25, 0.3) is 0 Å². The first kappa shape index (κ1) is 8.32. The Hall–Kier alpha value is -0.280. The predicted molar refractivity (Wildman–Crippen MR) is 51.1 cm³/mol. The number of nitrogens with one attached hydrogen (secondary N) is 1. The third kappa shape index (κ3) is 2.35. The first-order valence-corrected chi connectivity index (χ1v) is 5.11. The topological polar surface area (TPSA) is 25.2 Å². The van der Waals surface area contributed by atoms with Gasteiger partial charge in [-0.25, -0.2) is 0 Å². The van der Waals surface area contributed by atoms with Crippen LogP contribution in [-0.2, 0) is 6.42 Å². The van der Waals surface area contributed by atoms with Crippen molar-refractivity contribution in [2.24, 2.45) is 0 Å². The molecule has 0 saturated heterocycles. The van der Waals surface area contributed by atoms with Crippen LogP contribution in [0.3, 0.4) is 0 Å². The molecule has 1 heterocycles. The maximum Gasteiger partial charge on any atom is 0.169 e. The van der Waals surface area contributed by atoms with E-state index >= 15 is 0 Å². The highest BCUT2D eigenvalue weighted by atomic mass is 79.9. The van der Waals surface area contributed by atoms with E-state index in [2.05, 4.69) is 21.2 Å². The van der Waals surface area contributed by atoms with Crippen molar-refractivity contribution in [2.45, 2.75) is 25.3 Å². The molecule has 0 amide bonds. The Kier molecular flexibility index (Phi) is 2.51. The Bertz CT molecular complexity index is 255. The molecule has 0 spiro atoms. The summed E-state index contributed by atoms with van der Waals surface area (Å²) in [5.74, 6) is 1.05. The van der Waals surface area contributed by atoms with Crippen LogP contribution in [0.5, 0.6) is 0 Å². The molecule has 0 bridgehead atoms. The summed E-state index contributed by atoms with van der Waals surface area (Å²) in [5.41, 5.74) is 0. The monoisotopic (exact) mass is 229 g/mol. The lowest BCUT2D eigenvalue weighted by atomic mass is 10.3. The predicted octanol–water partition coefficient (Wildman–Crippen LogP) is 2.34. The summed E-state index contributed by atoms with van der Waals surface area (Å²) in [5, 5.41) is 3.44. The third-order valence-electron chi connectivity index (χ3n) is 2.01. The molecule has 2 rings (SSSR count). The molecule has 2 nitrogen and oxygen atoms in total. The van der Waals surface area contributed by atoms with Gasteiger partial charge in [-0.05, 0) is 40.9 Å². The van der Waals surface area contributed by atoms with Crippen molar-refractivity contribution in [2.75, 3.05) is 6.54 Å². The molecule has 0 radical (unpaired) electrons. The summed E-state index contributed by atoms with van der Waals surface area (Å²) >= 11 is 3.28. The Morgan fingerprint density at radius 2 is 2.33 bits per heavy atom. The van der Waals surface area contributed by atoms with Crippen LogP contribution in [0, 0.1) is 0 Å². The zero-order chi connectivity index (χ0) is 8.39. The molecule has 3 heteroatoms. The van der Waals surface area contributed by atoms with E-state index in [1.165, 1.54) is 12.8 Å². The average molecular weight is 230 g/mol. The Morgan fingerprint density at radius 3 is 2.92 bits per heavy atom. The lowest BCUT2D eigenvalue weighted by Gasteiger charge is -1.98. The third-order valence-corrected chi connectivity index (χ3v) is 2.44. The van der Waals surface area contributed by atoms with Crippen LogP contribution in [0.2, 0.25) is 0 Å². The van der Waals surface area contributed by atoms with E-state index in [9.17, 15) is 0 Å². The zero-order valence-electron chi connectivity index (χ0n) is 6.85. The Labute approximate surface area is 80.5 Å². The zero-order valence-corrected chi connectivity index (χ0v) is 8.43. The first-order chi connectivity index (χ1) is 5.84. The largest absolute Gasteiger partial charge is 0.454 e. The van der Waals surface area contributed by atoms with Crippen molar-refractivity contribution < 1.29 is 4.42 Å². The van der Waals surface area contributed by atoms with E-state index in [-0.39, 0.29) is 0 Å². The molecule has 0 aliphatic heterocycles. The highest BCUT2D eigenvalue weighted by Gasteiger charge is 2.19. The van der Waals surface area contributed by atoms with Gasteiger partial charge in [-0.3, -0.25) is 0 Å². The van der Waals surface area contributed by atoms with Gasteiger partial charge in [-0.1, -0.05) is 0 Å². The second kappa shape index (κ2) is 3.62. The van der Waals surface area contributed by atoms with Crippen molar-refractivity contribution in [3.05, 3.63) is 22.6 Å². The lowest BCUT2D eigenvalue weighted by molar-refractivity contribution is 0.479. The van der Waals surface area contributed by atoms with Gasteiger partial charge in [0.15, 0.2) is 4.67 Å². The van der Waals surface area contributed by atoms with E-state index in [4.69, 9.17) is 4.42 Å². The normalized spacial score (nSPS) is 16.8. The van der Waals surface area contributed by atoms with Gasteiger partial charge in [-0.2, -0.15) is 0 Å². The number of furan rings is 1. The fourth-order valence-corrected chi connectivity index (χ4v) is 1.51. The van der Waals surface area contributed by atoms with Crippen molar-refractivity contribution in [1.82, 2.24) is 5.32 Å². The van der Waals surface area contributed by atoms with Gasteiger partial charge >= 0.3 is 0 Å². The minimum atomic E-state index is 0.795. The highest BCUT2D eigenvalue weighted by molar-refractivity contribution is 9.10. The van der Waals surface area contributed by atoms with Gasteiger partial charge in [-0.15, -0.1) is 0 Å². The molecule has 1 aliphatic rings. The van der Waals surface area contributed by atoms with Crippen molar-refractivity contribution >= 4 is 15.9 Å². The van der Waals surface area contributed by atoms with Gasteiger partial charge in [0.05, 0.1) is 0 Å². The summed E-state index contributed by atoms with van der Waals surface area (Å²) in [6, 6.07) is 4.74. The summed E-state index contributed by atoms with van der Waals surface area (Å²) in [4.78, 5) is 0. The molecule has 0 atom stereocenters. The number of hydrogen-bond donors (Lipinski definition) is 1. The van der Waals surface area contributed by atoms with Gasteiger partial charge < -0.3 is 9.73 Å². The second-order valence-electron chi connectivity index (χ2n) is 3.18. The highest BCUT2D eigenvalue weighted by Crippen LogP contribution is 2.19. The molecule has 1 saturated carbocycles. The molecule has 66 valence electrons. The van der Waals surface area contributed by atoms with Gasteiger partial charge in [0, 0.05) is 19.0 Å². The summed E-state index contributed by atoms with van der Waals surface area (Å²) < 4.78 is 6.19. The van der Waals surface area contributed by atoms with E-state index in [0.29, 0.717) is 0 Å². The van der Waals surface area contributed by atoms with Gasteiger partial charge in [0.1, 0.15) is 5.76 Å².